The first-order valence-electron chi connectivity index (χ1n) is 8.81. The minimum atomic E-state index is -0.0599. The normalized spacial score (nSPS) is 12.4. The van der Waals surface area contributed by atoms with Crippen molar-refractivity contribution in [3.8, 4) is 5.75 Å². The Hall–Kier alpha value is -2.30. The van der Waals surface area contributed by atoms with Gasteiger partial charge in [-0.2, -0.15) is 0 Å². The molecule has 3 aromatic rings. The lowest BCUT2D eigenvalue weighted by molar-refractivity contribution is 0.0432. The second kappa shape index (κ2) is 8.70. The van der Waals surface area contributed by atoms with Crippen LogP contribution in [0.1, 0.15) is 25.0 Å². The lowest BCUT2D eigenvalue weighted by atomic mass is 10.1. The van der Waals surface area contributed by atoms with Crippen molar-refractivity contribution in [2.45, 2.75) is 26.0 Å². The monoisotopic (exact) mass is 339 g/mol. The zero-order chi connectivity index (χ0) is 17.5. The highest BCUT2D eigenvalue weighted by Gasteiger charge is 2.10. The molecule has 2 aromatic carbocycles. The molecule has 0 aliphatic carbocycles. The average Bonchev–Trinajstić information content (AvgIpc) is 3.06. The molecule has 25 heavy (non-hydrogen) atoms. The van der Waals surface area contributed by atoms with Gasteiger partial charge in [-0.05, 0) is 42.1 Å². The molecule has 1 unspecified atom stereocenters. The van der Waals surface area contributed by atoms with E-state index in [-0.39, 0.29) is 12.7 Å². The maximum Gasteiger partial charge on any atom is 0.119 e. The molecule has 0 spiro atoms. The fourth-order valence-corrected chi connectivity index (χ4v) is 3.04. The first-order chi connectivity index (χ1) is 12.3. The van der Waals surface area contributed by atoms with E-state index >= 15 is 0 Å². The summed E-state index contributed by atoms with van der Waals surface area (Å²) in [6, 6.07) is 18.4. The van der Waals surface area contributed by atoms with Crippen LogP contribution < -0.4 is 4.74 Å². The van der Waals surface area contributed by atoms with E-state index in [9.17, 15) is 0 Å². The lowest BCUT2D eigenvalue weighted by Gasteiger charge is -2.17. The van der Waals surface area contributed by atoms with Crippen molar-refractivity contribution >= 4 is 10.9 Å². The van der Waals surface area contributed by atoms with Crippen LogP contribution in [0.25, 0.3) is 10.9 Å². The second-order valence-corrected chi connectivity index (χ2v) is 5.94. The summed E-state index contributed by atoms with van der Waals surface area (Å²) in [6.07, 6.45) is 2.64. The minimum absolute atomic E-state index is 0.0599. The molecule has 4 heteroatoms. The third kappa shape index (κ3) is 4.41. The van der Waals surface area contributed by atoms with Crippen LogP contribution in [0.3, 0.4) is 0 Å². The second-order valence-electron chi connectivity index (χ2n) is 5.94. The molecule has 0 saturated carbocycles. The molecule has 3 rings (SSSR count). The summed E-state index contributed by atoms with van der Waals surface area (Å²) in [5.41, 5.74) is 2.30. The zero-order valence-corrected chi connectivity index (χ0v) is 14.6. The highest BCUT2D eigenvalue weighted by molar-refractivity contribution is 5.79. The Morgan fingerprint density at radius 1 is 1.04 bits per heavy atom. The van der Waals surface area contributed by atoms with E-state index in [1.165, 1.54) is 10.9 Å². The molecule has 132 valence electrons. The summed E-state index contributed by atoms with van der Waals surface area (Å²) in [4.78, 5) is 0. The minimum Gasteiger partial charge on any atom is -0.492 e. The lowest BCUT2D eigenvalue weighted by Crippen LogP contribution is -2.08. The van der Waals surface area contributed by atoms with Gasteiger partial charge in [0.25, 0.3) is 0 Å². The summed E-state index contributed by atoms with van der Waals surface area (Å²) in [5, 5.41) is 10.4. The van der Waals surface area contributed by atoms with Gasteiger partial charge in [0.15, 0.2) is 0 Å². The van der Waals surface area contributed by atoms with Gasteiger partial charge in [0, 0.05) is 31.3 Å². The van der Waals surface area contributed by atoms with E-state index in [0.29, 0.717) is 19.6 Å². The summed E-state index contributed by atoms with van der Waals surface area (Å²) in [5.74, 6) is 0.847. The SMILES string of the molecule is CCOC(CCO)c1ccc(OCCn2ccc3ccccc32)cc1. The van der Waals surface area contributed by atoms with Crippen molar-refractivity contribution in [2.75, 3.05) is 19.8 Å². The molecule has 0 aliphatic heterocycles. The molecular formula is C21H25NO3. The van der Waals surface area contributed by atoms with Crippen molar-refractivity contribution in [1.29, 1.82) is 0 Å². The van der Waals surface area contributed by atoms with Crippen molar-refractivity contribution in [3.05, 3.63) is 66.4 Å². The fourth-order valence-electron chi connectivity index (χ4n) is 3.04. The largest absolute Gasteiger partial charge is 0.492 e. The number of aromatic nitrogens is 1. The van der Waals surface area contributed by atoms with Crippen LogP contribution in [0.5, 0.6) is 5.75 Å². The summed E-state index contributed by atoms with van der Waals surface area (Å²) in [6.45, 7) is 4.14. The van der Waals surface area contributed by atoms with Gasteiger partial charge in [-0.25, -0.2) is 0 Å². The molecule has 1 heterocycles. The van der Waals surface area contributed by atoms with Crippen LogP contribution in [-0.4, -0.2) is 29.5 Å². The molecule has 1 aromatic heterocycles. The quantitative estimate of drug-likeness (QED) is 0.636. The van der Waals surface area contributed by atoms with Gasteiger partial charge in [0.2, 0.25) is 0 Å². The van der Waals surface area contributed by atoms with E-state index < -0.39 is 0 Å². The van der Waals surface area contributed by atoms with E-state index in [1.54, 1.807) is 0 Å². The summed E-state index contributed by atoms with van der Waals surface area (Å²) < 4.78 is 13.8. The number of aliphatic hydroxyl groups is 1. The average molecular weight is 339 g/mol. The van der Waals surface area contributed by atoms with Crippen molar-refractivity contribution < 1.29 is 14.6 Å². The highest BCUT2D eigenvalue weighted by Crippen LogP contribution is 2.23. The molecule has 0 amide bonds. The first-order valence-corrected chi connectivity index (χ1v) is 8.81. The summed E-state index contributed by atoms with van der Waals surface area (Å²) in [7, 11) is 0. The molecule has 1 N–H and O–H groups in total. The first kappa shape index (κ1) is 17.5. The molecule has 0 saturated heterocycles. The standard InChI is InChI=1S/C21H25NO3/c1-2-24-21(12-15-23)18-7-9-19(10-8-18)25-16-14-22-13-11-17-5-3-4-6-20(17)22/h3-11,13,21,23H,2,12,14-16H2,1H3. The maximum atomic E-state index is 9.15. The van der Waals surface area contributed by atoms with Gasteiger partial charge in [0.1, 0.15) is 12.4 Å². The number of rotatable bonds is 9. The van der Waals surface area contributed by atoms with Crippen LogP contribution in [-0.2, 0) is 11.3 Å². The van der Waals surface area contributed by atoms with Gasteiger partial charge in [0.05, 0.1) is 12.6 Å². The number of hydrogen-bond acceptors (Lipinski definition) is 3. The Balaban J connectivity index is 1.56. The summed E-state index contributed by atoms with van der Waals surface area (Å²) >= 11 is 0. The molecular weight excluding hydrogens is 314 g/mol. The molecule has 4 nitrogen and oxygen atoms in total. The molecule has 0 bridgehead atoms. The number of para-hydroxylation sites is 1. The number of aliphatic hydroxyl groups excluding tert-OH is 1. The van der Waals surface area contributed by atoms with Crippen LogP contribution in [0.4, 0.5) is 0 Å². The number of nitrogens with zero attached hydrogens (tertiary/aromatic N) is 1. The van der Waals surface area contributed by atoms with Crippen LogP contribution in [0, 0.1) is 0 Å². The van der Waals surface area contributed by atoms with Gasteiger partial charge in [-0.1, -0.05) is 30.3 Å². The van der Waals surface area contributed by atoms with Crippen LogP contribution in [0.2, 0.25) is 0 Å². The Kier molecular flexibility index (Phi) is 6.09. The smallest absolute Gasteiger partial charge is 0.119 e. The predicted octanol–water partition coefficient (Wildman–Crippen LogP) is 4.18. The number of fused-ring (bicyclic) bond motifs is 1. The highest BCUT2D eigenvalue weighted by atomic mass is 16.5. The zero-order valence-electron chi connectivity index (χ0n) is 14.6. The Morgan fingerprint density at radius 2 is 1.84 bits per heavy atom. The van der Waals surface area contributed by atoms with Gasteiger partial charge in [-0.3, -0.25) is 0 Å². The number of benzene rings is 2. The van der Waals surface area contributed by atoms with Crippen molar-refractivity contribution in [2.24, 2.45) is 0 Å². The fraction of sp³-hybridized carbons (Fsp3) is 0.333. The van der Waals surface area contributed by atoms with Gasteiger partial charge < -0.3 is 19.1 Å². The Bertz CT molecular complexity index is 773. The molecule has 1 atom stereocenters. The Labute approximate surface area is 148 Å². The van der Waals surface area contributed by atoms with E-state index in [2.05, 4.69) is 41.1 Å². The van der Waals surface area contributed by atoms with E-state index in [4.69, 9.17) is 14.6 Å². The topological polar surface area (TPSA) is 43.6 Å². The van der Waals surface area contributed by atoms with Crippen LogP contribution >= 0.6 is 0 Å². The van der Waals surface area contributed by atoms with Crippen molar-refractivity contribution in [3.63, 3.8) is 0 Å². The maximum absolute atomic E-state index is 9.15. The van der Waals surface area contributed by atoms with Gasteiger partial charge in [-0.15, -0.1) is 0 Å². The Morgan fingerprint density at radius 3 is 2.60 bits per heavy atom. The third-order valence-electron chi connectivity index (χ3n) is 4.29. The van der Waals surface area contributed by atoms with Gasteiger partial charge >= 0.3 is 0 Å². The third-order valence-corrected chi connectivity index (χ3v) is 4.29. The van der Waals surface area contributed by atoms with E-state index in [0.717, 1.165) is 17.9 Å². The molecule has 0 aliphatic rings. The number of hydrogen-bond donors (Lipinski definition) is 1. The van der Waals surface area contributed by atoms with Crippen molar-refractivity contribution in [1.82, 2.24) is 4.57 Å². The number of ether oxygens (including phenoxy) is 2. The molecule has 0 radical (unpaired) electrons. The molecule has 0 fully saturated rings. The van der Waals surface area contributed by atoms with Crippen LogP contribution in [0.15, 0.2) is 60.8 Å². The predicted molar refractivity (Wildman–Crippen MR) is 99.9 cm³/mol. The van der Waals surface area contributed by atoms with E-state index in [1.807, 2.05) is 31.2 Å².